The fraction of sp³-hybridized carbons (Fsp3) is 1.00. The van der Waals surface area contributed by atoms with Crippen LogP contribution in [0.15, 0.2) is 0 Å². The average Bonchev–Trinajstić information content (AvgIpc) is 2.35. The minimum Gasteiger partial charge on any atom is -0.378 e. The Morgan fingerprint density at radius 2 is 1.10 bits per heavy atom. The highest BCUT2D eigenvalue weighted by molar-refractivity contribution is 7.80. The molecule has 21 heavy (non-hydrogen) atoms. The number of alkyl halides is 7. The number of hydrogen-bond acceptors (Lipinski definition) is 4. The third-order valence-electron chi connectivity index (χ3n) is 2.08. The van der Waals surface area contributed by atoms with Crippen molar-refractivity contribution in [3.8, 4) is 0 Å². The quantitative estimate of drug-likeness (QED) is 0.354. The van der Waals surface area contributed by atoms with Crippen LogP contribution in [0, 0.1) is 0 Å². The number of halogens is 7. The molecule has 0 radical (unpaired) electrons. The van der Waals surface area contributed by atoms with Crippen molar-refractivity contribution in [1.82, 2.24) is 0 Å². The topological polar surface area (TPSA) is 27.7 Å². The molecule has 11 heteroatoms. The van der Waals surface area contributed by atoms with Crippen LogP contribution >= 0.6 is 12.6 Å². The lowest BCUT2D eigenvalue weighted by molar-refractivity contribution is -0.361. The van der Waals surface area contributed by atoms with E-state index in [1.807, 2.05) is 0 Å². The van der Waals surface area contributed by atoms with E-state index in [1.165, 1.54) is 0 Å². The summed E-state index contributed by atoms with van der Waals surface area (Å²) in [5, 5.41) is 0. The van der Waals surface area contributed by atoms with E-state index in [0.29, 0.717) is 12.4 Å². The van der Waals surface area contributed by atoms with Gasteiger partial charge in [-0.1, -0.05) is 0 Å². The lowest BCUT2D eigenvalue weighted by Crippen LogP contribution is -2.54. The molecule has 0 aliphatic rings. The van der Waals surface area contributed by atoms with E-state index >= 15 is 0 Å². The third-order valence-corrected chi connectivity index (χ3v) is 2.26. The van der Waals surface area contributed by atoms with Crippen LogP contribution in [-0.4, -0.2) is 63.4 Å². The summed E-state index contributed by atoms with van der Waals surface area (Å²) in [6.07, 6.45) is -6.35. The van der Waals surface area contributed by atoms with Crippen molar-refractivity contribution in [3.63, 3.8) is 0 Å². The molecule has 0 spiro atoms. The Kier molecular flexibility index (Phi) is 8.90. The number of thiol groups is 1. The first kappa shape index (κ1) is 20.7. The van der Waals surface area contributed by atoms with Gasteiger partial charge in [-0.2, -0.15) is 43.4 Å². The van der Waals surface area contributed by atoms with Crippen LogP contribution in [0.2, 0.25) is 0 Å². The second kappa shape index (κ2) is 9.01. The lowest BCUT2D eigenvalue weighted by atomic mass is 10.2. The maximum atomic E-state index is 12.7. The van der Waals surface area contributed by atoms with E-state index in [-0.39, 0.29) is 19.8 Å². The van der Waals surface area contributed by atoms with Crippen LogP contribution in [0.1, 0.15) is 0 Å². The lowest BCUT2D eigenvalue weighted by Gasteiger charge is -2.27. The van der Waals surface area contributed by atoms with Crippen LogP contribution in [0.4, 0.5) is 30.7 Å². The Balaban J connectivity index is 3.86. The van der Waals surface area contributed by atoms with E-state index < -0.39 is 31.2 Å². The van der Waals surface area contributed by atoms with Crippen molar-refractivity contribution in [2.24, 2.45) is 0 Å². The molecule has 0 rings (SSSR count). The highest BCUT2D eigenvalue weighted by atomic mass is 32.1. The second-order valence-electron chi connectivity index (χ2n) is 3.78. The molecule has 0 N–H and O–H groups in total. The molecule has 0 aliphatic heterocycles. The summed E-state index contributed by atoms with van der Waals surface area (Å²) in [6.45, 7) is -2.14. The first-order chi connectivity index (χ1) is 9.56. The van der Waals surface area contributed by atoms with Gasteiger partial charge in [0.05, 0.1) is 33.0 Å². The summed E-state index contributed by atoms with van der Waals surface area (Å²) in [5.74, 6) is -11.0. The van der Waals surface area contributed by atoms with Gasteiger partial charge in [0.15, 0.2) is 0 Å². The van der Waals surface area contributed by atoms with Crippen LogP contribution in [-0.2, 0) is 14.2 Å². The Hall–Kier alpha value is -0.260. The predicted octanol–water partition coefficient (Wildman–Crippen LogP) is 2.80. The number of hydrogen-bond donors (Lipinski definition) is 1. The Labute approximate surface area is 122 Å². The summed E-state index contributed by atoms with van der Waals surface area (Å²) in [5.41, 5.74) is 0. The summed E-state index contributed by atoms with van der Waals surface area (Å²) in [7, 11) is 0. The molecule has 0 heterocycles. The first-order valence-electron chi connectivity index (χ1n) is 5.72. The third kappa shape index (κ3) is 7.02. The van der Waals surface area contributed by atoms with Crippen molar-refractivity contribution >= 4 is 12.6 Å². The van der Waals surface area contributed by atoms with Gasteiger partial charge in [0, 0.05) is 5.75 Å². The molecule has 0 aliphatic carbocycles. The van der Waals surface area contributed by atoms with Gasteiger partial charge in [-0.15, -0.1) is 0 Å². The van der Waals surface area contributed by atoms with Crippen molar-refractivity contribution in [3.05, 3.63) is 0 Å². The van der Waals surface area contributed by atoms with Gasteiger partial charge in [0.25, 0.3) is 0 Å². The minimum absolute atomic E-state index is 0.103. The Morgan fingerprint density at radius 3 is 1.52 bits per heavy atom. The van der Waals surface area contributed by atoms with Gasteiger partial charge < -0.3 is 14.2 Å². The van der Waals surface area contributed by atoms with Crippen LogP contribution < -0.4 is 0 Å². The monoisotopic (exact) mass is 348 g/mol. The fourth-order valence-corrected chi connectivity index (χ4v) is 1.13. The molecule has 0 bridgehead atoms. The van der Waals surface area contributed by atoms with Crippen LogP contribution in [0.3, 0.4) is 0 Å². The molecular weight excluding hydrogens is 333 g/mol. The van der Waals surface area contributed by atoms with E-state index in [0.717, 1.165) is 0 Å². The standard InChI is InChI=1S/C10H15F7O3S/c11-8(12,9(13,14)10(15,16)17)7-20-4-3-18-1-2-19-5-6-21/h21H,1-7H2. The molecular formula is C10H15F7O3S. The summed E-state index contributed by atoms with van der Waals surface area (Å²) in [6, 6.07) is 0. The number of ether oxygens (including phenoxy) is 3. The number of rotatable bonds is 11. The molecule has 3 nitrogen and oxygen atoms in total. The average molecular weight is 348 g/mol. The summed E-state index contributed by atoms with van der Waals surface area (Å²) in [4.78, 5) is 0. The van der Waals surface area contributed by atoms with E-state index in [1.54, 1.807) is 0 Å². The van der Waals surface area contributed by atoms with Gasteiger partial charge in [-0.3, -0.25) is 0 Å². The SMILES string of the molecule is FC(F)(F)C(F)(F)C(F)(F)COCCOCCOCCS. The molecule has 0 atom stereocenters. The molecule has 0 aromatic rings. The maximum Gasteiger partial charge on any atom is 0.459 e. The molecule has 0 fully saturated rings. The van der Waals surface area contributed by atoms with Crippen molar-refractivity contribution < 1.29 is 44.9 Å². The zero-order valence-corrected chi connectivity index (χ0v) is 11.7. The Morgan fingerprint density at radius 1 is 0.667 bits per heavy atom. The zero-order valence-electron chi connectivity index (χ0n) is 10.8. The first-order valence-corrected chi connectivity index (χ1v) is 6.36. The van der Waals surface area contributed by atoms with Gasteiger partial charge >= 0.3 is 18.0 Å². The van der Waals surface area contributed by atoms with Crippen LogP contribution in [0.25, 0.3) is 0 Å². The molecule has 0 aromatic heterocycles. The van der Waals surface area contributed by atoms with E-state index in [9.17, 15) is 30.7 Å². The molecule has 128 valence electrons. The van der Waals surface area contributed by atoms with Crippen molar-refractivity contribution in [1.29, 1.82) is 0 Å². The summed E-state index contributed by atoms with van der Waals surface area (Å²) >= 11 is 3.86. The molecule has 0 saturated heterocycles. The van der Waals surface area contributed by atoms with E-state index in [4.69, 9.17) is 9.47 Å². The highest BCUT2D eigenvalue weighted by Gasteiger charge is 2.72. The Bertz CT molecular complexity index is 286. The van der Waals surface area contributed by atoms with Crippen molar-refractivity contribution in [2.45, 2.75) is 18.0 Å². The second-order valence-corrected chi connectivity index (χ2v) is 4.22. The van der Waals surface area contributed by atoms with Gasteiger partial charge in [0.2, 0.25) is 0 Å². The van der Waals surface area contributed by atoms with Gasteiger partial charge in [-0.25, -0.2) is 0 Å². The summed E-state index contributed by atoms with van der Waals surface area (Å²) < 4.78 is 99.6. The van der Waals surface area contributed by atoms with Gasteiger partial charge in [0.1, 0.15) is 6.61 Å². The fourth-order valence-electron chi connectivity index (χ4n) is 1.00. The largest absolute Gasteiger partial charge is 0.459 e. The molecule has 0 unspecified atom stereocenters. The molecule has 0 aromatic carbocycles. The normalized spacial score (nSPS) is 13.7. The molecule has 0 amide bonds. The highest BCUT2D eigenvalue weighted by Crippen LogP contribution is 2.46. The zero-order chi connectivity index (χ0) is 16.6. The predicted molar refractivity (Wildman–Crippen MR) is 62.3 cm³/mol. The van der Waals surface area contributed by atoms with E-state index in [2.05, 4.69) is 17.4 Å². The van der Waals surface area contributed by atoms with Crippen LogP contribution in [0.5, 0.6) is 0 Å². The minimum atomic E-state index is -6.35. The van der Waals surface area contributed by atoms with Crippen molar-refractivity contribution in [2.75, 3.05) is 45.4 Å². The smallest absolute Gasteiger partial charge is 0.378 e. The molecule has 0 saturated carbocycles. The van der Waals surface area contributed by atoms with Gasteiger partial charge in [-0.05, 0) is 0 Å². The maximum absolute atomic E-state index is 12.7.